The van der Waals surface area contributed by atoms with Gasteiger partial charge in [-0.05, 0) is 30.9 Å². The maximum absolute atomic E-state index is 13.7. The number of aliphatic hydroxyl groups is 1. The largest absolute Gasteiger partial charge is 0.392 e. The first-order chi connectivity index (χ1) is 15.2. The van der Waals surface area contributed by atoms with Crippen LogP contribution in [0.1, 0.15) is 61.0 Å². The zero-order valence-electron chi connectivity index (χ0n) is 22.2. The third-order valence-corrected chi connectivity index (χ3v) is 6.37. The van der Waals surface area contributed by atoms with E-state index in [2.05, 4.69) is 10.6 Å². The number of nitrogens with zero attached hydrogens (tertiary/aromatic N) is 1. The van der Waals surface area contributed by atoms with Gasteiger partial charge in [-0.2, -0.15) is 0 Å². The normalized spacial score (nSPS) is 15.7. The minimum atomic E-state index is -0.707. The average molecular weight is 460 g/mol. The van der Waals surface area contributed by atoms with Gasteiger partial charge in [0.2, 0.25) is 11.8 Å². The molecular formula is C27H45N3O3. The Labute approximate surface area is 200 Å². The van der Waals surface area contributed by atoms with E-state index in [1.807, 2.05) is 91.8 Å². The molecule has 0 aliphatic rings. The van der Waals surface area contributed by atoms with E-state index in [9.17, 15) is 14.7 Å². The molecule has 6 heteroatoms. The summed E-state index contributed by atoms with van der Waals surface area (Å²) in [6.45, 7) is 15.8. The van der Waals surface area contributed by atoms with Crippen molar-refractivity contribution in [3.8, 4) is 0 Å². The molecule has 0 aromatic heterocycles. The molecule has 1 aromatic carbocycles. The number of hydrogen-bond donors (Lipinski definition) is 3. The number of carbonyl (C=O) groups is 2. The van der Waals surface area contributed by atoms with Crippen LogP contribution in [0.15, 0.2) is 42.0 Å². The van der Waals surface area contributed by atoms with Gasteiger partial charge in [-0.3, -0.25) is 9.59 Å². The van der Waals surface area contributed by atoms with Crippen molar-refractivity contribution in [1.29, 1.82) is 0 Å². The fourth-order valence-electron chi connectivity index (χ4n) is 4.17. The molecule has 6 nitrogen and oxygen atoms in total. The lowest BCUT2D eigenvalue weighted by Gasteiger charge is -2.40. The summed E-state index contributed by atoms with van der Waals surface area (Å²) in [4.78, 5) is 28.9. The van der Waals surface area contributed by atoms with Crippen molar-refractivity contribution in [2.75, 3.05) is 20.7 Å². The lowest BCUT2D eigenvalue weighted by atomic mass is 9.76. The molecule has 2 amide bonds. The Balaban J connectivity index is 3.25. The van der Waals surface area contributed by atoms with E-state index in [0.717, 1.165) is 11.1 Å². The number of carbonyl (C=O) groups excluding carboxylic acids is 2. The van der Waals surface area contributed by atoms with Crippen LogP contribution >= 0.6 is 0 Å². The quantitative estimate of drug-likeness (QED) is 0.468. The molecule has 0 radical (unpaired) electrons. The second kappa shape index (κ2) is 11.8. The van der Waals surface area contributed by atoms with Gasteiger partial charge >= 0.3 is 0 Å². The maximum Gasteiger partial charge on any atom is 0.245 e. The molecule has 0 heterocycles. The van der Waals surface area contributed by atoms with E-state index in [4.69, 9.17) is 0 Å². The van der Waals surface area contributed by atoms with Gasteiger partial charge in [-0.25, -0.2) is 0 Å². The predicted octanol–water partition coefficient (Wildman–Crippen LogP) is 3.50. The molecule has 0 bridgehead atoms. The zero-order valence-corrected chi connectivity index (χ0v) is 22.2. The predicted molar refractivity (Wildman–Crippen MR) is 136 cm³/mol. The molecule has 3 unspecified atom stereocenters. The zero-order chi connectivity index (χ0) is 25.6. The number of hydrogen-bond acceptors (Lipinski definition) is 4. The summed E-state index contributed by atoms with van der Waals surface area (Å²) in [7, 11) is 3.54. The van der Waals surface area contributed by atoms with Crippen molar-refractivity contribution < 1.29 is 14.7 Å². The fraction of sp³-hybridized carbons (Fsp3) is 0.630. The van der Waals surface area contributed by atoms with Gasteiger partial charge in [-0.1, -0.05) is 90.4 Å². The van der Waals surface area contributed by atoms with E-state index in [0.29, 0.717) is 0 Å². The molecule has 0 saturated heterocycles. The first-order valence-electron chi connectivity index (χ1n) is 11.8. The van der Waals surface area contributed by atoms with E-state index < -0.39 is 22.9 Å². The molecular weight excluding hydrogens is 414 g/mol. The monoisotopic (exact) mass is 459 g/mol. The van der Waals surface area contributed by atoms with Crippen molar-refractivity contribution in [1.82, 2.24) is 15.5 Å². The van der Waals surface area contributed by atoms with Gasteiger partial charge in [0.05, 0.1) is 18.7 Å². The molecule has 1 rings (SSSR count). The molecule has 0 fully saturated rings. The topological polar surface area (TPSA) is 81.7 Å². The fourth-order valence-corrected chi connectivity index (χ4v) is 4.17. The Hall–Kier alpha value is -2.18. The highest BCUT2D eigenvalue weighted by Gasteiger charge is 2.41. The number of likely N-dealkylation sites (N-methyl/N-ethyl adjacent to an activating group) is 2. The third-order valence-electron chi connectivity index (χ3n) is 6.37. The summed E-state index contributed by atoms with van der Waals surface area (Å²) in [5.41, 5.74) is 0.871. The van der Waals surface area contributed by atoms with Gasteiger partial charge in [0.25, 0.3) is 0 Å². The summed E-state index contributed by atoms with van der Waals surface area (Å²) < 4.78 is 0. The lowest BCUT2D eigenvalue weighted by Crippen LogP contribution is -2.61. The Kier molecular flexibility index (Phi) is 10.3. The Morgan fingerprint density at radius 1 is 1.06 bits per heavy atom. The molecule has 0 saturated carbocycles. The van der Waals surface area contributed by atoms with Gasteiger partial charge in [0.1, 0.15) is 6.04 Å². The van der Waals surface area contributed by atoms with Crippen molar-refractivity contribution in [3.05, 3.63) is 47.5 Å². The van der Waals surface area contributed by atoms with Crippen LogP contribution in [0.3, 0.4) is 0 Å². The molecule has 1 aromatic rings. The third kappa shape index (κ3) is 7.41. The standard InChI is InChI=1S/C27H45N3O3/c1-18(2)21(16-19(3)17-31)30(10)25(33)23(26(4,5)6)29-24(32)22(28-9)27(7,8)20-14-12-11-13-15-20/h11-16,18,21-23,28,31H,17H2,1-10H3,(H,29,32)/b19-16+. The molecule has 186 valence electrons. The Morgan fingerprint density at radius 2 is 1.61 bits per heavy atom. The highest BCUT2D eigenvalue weighted by Crippen LogP contribution is 2.29. The van der Waals surface area contributed by atoms with Crippen molar-refractivity contribution in [2.45, 2.75) is 78.9 Å². The highest BCUT2D eigenvalue weighted by molar-refractivity contribution is 5.91. The Morgan fingerprint density at radius 3 is 2.03 bits per heavy atom. The molecule has 33 heavy (non-hydrogen) atoms. The van der Waals surface area contributed by atoms with Crippen LogP contribution in [0.25, 0.3) is 0 Å². The van der Waals surface area contributed by atoms with Gasteiger partial charge in [0.15, 0.2) is 0 Å². The highest BCUT2D eigenvalue weighted by atomic mass is 16.3. The number of aliphatic hydroxyl groups excluding tert-OH is 1. The van der Waals surface area contributed by atoms with Crippen molar-refractivity contribution in [3.63, 3.8) is 0 Å². The molecule has 0 spiro atoms. The first kappa shape index (κ1) is 28.9. The summed E-state index contributed by atoms with van der Waals surface area (Å²) in [6, 6.07) is 8.49. The summed E-state index contributed by atoms with van der Waals surface area (Å²) in [5.74, 6) is -0.209. The Bertz CT molecular complexity index is 810. The summed E-state index contributed by atoms with van der Waals surface area (Å²) in [6.07, 6.45) is 1.93. The van der Waals surface area contributed by atoms with Crippen LogP contribution in [0, 0.1) is 11.3 Å². The minimum Gasteiger partial charge on any atom is -0.392 e. The van der Waals surface area contributed by atoms with Gasteiger partial charge < -0.3 is 20.6 Å². The van der Waals surface area contributed by atoms with E-state index in [-0.39, 0.29) is 30.4 Å². The SMILES string of the molecule is CNC(C(=O)NC(C(=O)N(C)C(/C=C(\C)CO)C(C)C)C(C)(C)C)C(C)(C)c1ccccc1. The maximum atomic E-state index is 13.7. The van der Waals surface area contributed by atoms with Crippen molar-refractivity contribution >= 4 is 11.8 Å². The van der Waals surface area contributed by atoms with E-state index in [1.165, 1.54) is 0 Å². The number of benzene rings is 1. The van der Waals surface area contributed by atoms with Gasteiger partial charge in [0, 0.05) is 12.5 Å². The smallest absolute Gasteiger partial charge is 0.245 e. The molecule has 3 N–H and O–H groups in total. The summed E-state index contributed by atoms with van der Waals surface area (Å²) in [5, 5.41) is 15.7. The van der Waals surface area contributed by atoms with Crippen LogP contribution in [-0.2, 0) is 15.0 Å². The minimum absolute atomic E-state index is 0.0525. The average Bonchev–Trinajstić information content (AvgIpc) is 2.74. The van der Waals surface area contributed by atoms with E-state index >= 15 is 0 Å². The van der Waals surface area contributed by atoms with Crippen LogP contribution in [0.4, 0.5) is 0 Å². The first-order valence-corrected chi connectivity index (χ1v) is 11.8. The van der Waals surface area contributed by atoms with Crippen molar-refractivity contribution in [2.24, 2.45) is 11.3 Å². The lowest BCUT2D eigenvalue weighted by molar-refractivity contribution is -0.140. The molecule has 0 aliphatic heterocycles. The number of amides is 2. The number of rotatable bonds is 10. The molecule has 0 aliphatic carbocycles. The van der Waals surface area contributed by atoms with Crippen LogP contribution in [0.2, 0.25) is 0 Å². The van der Waals surface area contributed by atoms with Crippen LogP contribution in [0.5, 0.6) is 0 Å². The van der Waals surface area contributed by atoms with Gasteiger partial charge in [-0.15, -0.1) is 0 Å². The van der Waals surface area contributed by atoms with Crippen LogP contribution < -0.4 is 10.6 Å². The van der Waals surface area contributed by atoms with E-state index in [1.54, 1.807) is 19.0 Å². The molecule has 3 atom stereocenters. The second-order valence-corrected chi connectivity index (χ2v) is 11.0. The van der Waals surface area contributed by atoms with Crippen LogP contribution in [-0.4, -0.2) is 60.6 Å². The second-order valence-electron chi connectivity index (χ2n) is 11.0. The number of nitrogens with one attached hydrogen (secondary N) is 2. The summed E-state index contributed by atoms with van der Waals surface area (Å²) >= 11 is 0.